The minimum Gasteiger partial charge on any atom is -0.463 e. The number of para-hydroxylation sites is 2. The van der Waals surface area contributed by atoms with Crippen molar-refractivity contribution in [1.82, 2.24) is 4.57 Å². The van der Waals surface area contributed by atoms with E-state index < -0.39 is 11.7 Å². The molecule has 8 heteroatoms. The summed E-state index contributed by atoms with van der Waals surface area (Å²) in [5, 5.41) is 1.19. The van der Waals surface area contributed by atoms with Crippen LogP contribution in [0, 0.1) is 0 Å². The highest BCUT2D eigenvalue weighted by molar-refractivity contribution is 7.99. The fourth-order valence-electron chi connectivity index (χ4n) is 2.23. The summed E-state index contributed by atoms with van der Waals surface area (Å²) >= 11 is 13.4. The summed E-state index contributed by atoms with van der Waals surface area (Å²) in [5.74, 6) is -0.572. The molecule has 2 aromatic carbocycles. The Hall–Kier alpha value is -1.89. The van der Waals surface area contributed by atoms with Crippen molar-refractivity contribution in [3.8, 4) is 0 Å². The lowest BCUT2D eigenvalue weighted by Gasteiger charge is -2.07. The van der Waals surface area contributed by atoms with Crippen LogP contribution in [0.25, 0.3) is 11.1 Å². The van der Waals surface area contributed by atoms with E-state index in [1.165, 1.54) is 16.3 Å². The van der Waals surface area contributed by atoms with Crippen LogP contribution in [0.2, 0.25) is 10.0 Å². The fraction of sp³-hybridized carbons (Fsp3) is 0.176. The molecule has 25 heavy (non-hydrogen) atoms. The second-order valence-electron chi connectivity index (χ2n) is 5.07. The molecule has 3 aromatic rings. The molecule has 1 aromatic heterocycles. The number of hydrogen-bond donors (Lipinski definition) is 0. The summed E-state index contributed by atoms with van der Waals surface area (Å²) in [6.45, 7) is -0.00465. The molecule has 1 heterocycles. The fourth-order valence-corrected chi connectivity index (χ4v) is 3.55. The van der Waals surface area contributed by atoms with Gasteiger partial charge in [0, 0.05) is 15.7 Å². The maximum atomic E-state index is 12.0. The summed E-state index contributed by atoms with van der Waals surface area (Å²) < 4.78 is 11.5. The number of ether oxygens (including phenoxy) is 1. The first-order valence-electron chi connectivity index (χ1n) is 7.36. The monoisotopic (exact) mass is 397 g/mol. The highest BCUT2D eigenvalue weighted by Crippen LogP contribution is 2.29. The van der Waals surface area contributed by atoms with Gasteiger partial charge in [-0.3, -0.25) is 9.36 Å². The van der Waals surface area contributed by atoms with Crippen molar-refractivity contribution in [3.63, 3.8) is 0 Å². The quantitative estimate of drug-likeness (QED) is 0.353. The van der Waals surface area contributed by atoms with Crippen molar-refractivity contribution < 1.29 is 13.9 Å². The average Bonchev–Trinajstić information content (AvgIpc) is 2.90. The molecule has 0 radical (unpaired) electrons. The largest absolute Gasteiger partial charge is 0.463 e. The molecule has 0 saturated heterocycles. The number of nitrogens with zero attached hydrogens (tertiary/aromatic N) is 1. The van der Waals surface area contributed by atoms with Crippen molar-refractivity contribution in [1.29, 1.82) is 0 Å². The van der Waals surface area contributed by atoms with E-state index in [1.54, 1.807) is 42.5 Å². The van der Waals surface area contributed by atoms with Gasteiger partial charge in [0.15, 0.2) is 5.58 Å². The normalized spacial score (nSPS) is 11.0. The highest BCUT2D eigenvalue weighted by atomic mass is 35.5. The van der Waals surface area contributed by atoms with Gasteiger partial charge in [-0.1, -0.05) is 35.3 Å². The summed E-state index contributed by atoms with van der Waals surface area (Å²) in [5.41, 5.74) is 0.996. The zero-order chi connectivity index (χ0) is 17.8. The predicted octanol–water partition coefficient (Wildman–Crippen LogP) is 4.24. The van der Waals surface area contributed by atoms with Crippen LogP contribution in [-0.2, 0) is 16.1 Å². The van der Waals surface area contributed by atoms with Crippen molar-refractivity contribution in [2.45, 2.75) is 11.4 Å². The maximum absolute atomic E-state index is 12.0. The summed E-state index contributed by atoms with van der Waals surface area (Å²) in [6.07, 6.45) is 0. The minimum atomic E-state index is -0.585. The van der Waals surface area contributed by atoms with E-state index in [0.29, 0.717) is 26.9 Å². The Bertz CT molecular complexity index is 967. The topological polar surface area (TPSA) is 61.4 Å². The van der Waals surface area contributed by atoms with Crippen LogP contribution >= 0.6 is 35.0 Å². The van der Waals surface area contributed by atoms with Gasteiger partial charge in [0.2, 0.25) is 0 Å². The maximum Gasteiger partial charge on any atom is 0.420 e. The number of aromatic nitrogens is 1. The SMILES string of the molecule is O=C(Cn1c(=O)oc2ccccc21)OCCSc1cc(Cl)ccc1Cl. The van der Waals surface area contributed by atoms with E-state index >= 15 is 0 Å². The van der Waals surface area contributed by atoms with Gasteiger partial charge in [-0.25, -0.2) is 4.79 Å². The van der Waals surface area contributed by atoms with Crippen LogP contribution in [0.3, 0.4) is 0 Å². The lowest BCUT2D eigenvalue weighted by Crippen LogP contribution is -2.22. The van der Waals surface area contributed by atoms with E-state index in [4.69, 9.17) is 32.4 Å². The van der Waals surface area contributed by atoms with E-state index in [-0.39, 0.29) is 13.2 Å². The number of thioether (sulfide) groups is 1. The van der Waals surface area contributed by atoms with E-state index in [0.717, 1.165) is 4.90 Å². The van der Waals surface area contributed by atoms with Gasteiger partial charge in [-0.2, -0.15) is 0 Å². The Labute approximate surface area is 157 Å². The van der Waals surface area contributed by atoms with Gasteiger partial charge in [-0.05, 0) is 30.3 Å². The summed E-state index contributed by atoms with van der Waals surface area (Å²) in [6, 6.07) is 12.1. The molecule has 0 unspecified atom stereocenters. The number of carbonyl (C=O) groups is 1. The molecular weight excluding hydrogens is 385 g/mol. The third-order valence-corrected chi connectivity index (χ3v) is 5.05. The lowest BCUT2D eigenvalue weighted by atomic mass is 10.3. The van der Waals surface area contributed by atoms with Gasteiger partial charge in [0.1, 0.15) is 13.2 Å². The van der Waals surface area contributed by atoms with E-state index in [2.05, 4.69) is 0 Å². The Morgan fingerprint density at radius 1 is 1.20 bits per heavy atom. The number of carbonyl (C=O) groups excluding carboxylic acids is 1. The first kappa shape index (κ1) is 17.9. The number of esters is 1. The molecule has 0 amide bonds. The number of benzene rings is 2. The van der Waals surface area contributed by atoms with Gasteiger partial charge in [-0.15, -0.1) is 11.8 Å². The lowest BCUT2D eigenvalue weighted by molar-refractivity contribution is -0.143. The molecule has 0 fully saturated rings. The van der Waals surface area contributed by atoms with Crippen molar-refractivity contribution in [2.75, 3.05) is 12.4 Å². The zero-order valence-corrected chi connectivity index (χ0v) is 15.2. The minimum absolute atomic E-state index is 0.191. The van der Waals surface area contributed by atoms with Crippen LogP contribution in [0.15, 0.2) is 56.6 Å². The Kier molecular flexibility index (Phi) is 5.73. The molecule has 0 spiro atoms. The number of halogens is 2. The van der Waals surface area contributed by atoms with Gasteiger partial charge in [0.05, 0.1) is 10.5 Å². The Balaban J connectivity index is 1.54. The smallest absolute Gasteiger partial charge is 0.420 e. The van der Waals surface area contributed by atoms with Crippen molar-refractivity contribution >= 4 is 52.0 Å². The predicted molar refractivity (Wildman–Crippen MR) is 98.6 cm³/mol. The molecule has 0 bridgehead atoms. The number of oxazole rings is 1. The molecule has 0 N–H and O–H groups in total. The second-order valence-corrected chi connectivity index (χ2v) is 7.05. The summed E-state index contributed by atoms with van der Waals surface area (Å²) in [4.78, 5) is 24.6. The number of fused-ring (bicyclic) bond motifs is 1. The van der Waals surface area contributed by atoms with Crippen LogP contribution in [-0.4, -0.2) is 22.9 Å². The molecule has 0 saturated carbocycles. The highest BCUT2D eigenvalue weighted by Gasteiger charge is 2.13. The third kappa shape index (κ3) is 4.39. The van der Waals surface area contributed by atoms with Crippen LogP contribution in [0.1, 0.15) is 0 Å². The van der Waals surface area contributed by atoms with Crippen LogP contribution in [0.5, 0.6) is 0 Å². The molecule has 0 aliphatic heterocycles. The molecule has 3 rings (SSSR count). The standard InChI is InChI=1S/C17H13Cl2NO4S/c18-11-5-6-12(19)15(9-11)25-8-7-23-16(21)10-20-13-3-1-2-4-14(13)24-17(20)22/h1-6,9H,7-8,10H2. The molecular formula is C17H13Cl2NO4S. The Morgan fingerprint density at radius 3 is 2.84 bits per heavy atom. The van der Waals surface area contributed by atoms with Gasteiger partial charge in [0.25, 0.3) is 0 Å². The second kappa shape index (κ2) is 7.99. The van der Waals surface area contributed by atoms with Crippen LogP contribution in [0.4, 0.5) is 0 Å². The van der Waals surface area contributed by atoms with Gasteiger partial charge >= 0.3 is 11.7 Å². The molecule has 0 aliphatic carbocycles. The van der Waals surface area contributed by atoms with Crippen LogP contribution < -0.4 is 5.76 Å². The number of rotatable bonds is 6. The molecule has 0 aliphatic rings. The molecule has 0 atom stereocenters. The van der Waals surface area contributed by atoms with Gasteiger partial charge < -0.3 is 9.15 Å². The molecule has 130 valence electrons. The number of hydrogen-bond acceptors (Lipinski definition) is 5. The average molecular weight is 398 g/mol. The third-order valence-electron chi connectivity index (χ3n) is 3.36. The van der Waals surface area contributed by atoms with Crippen molar-refractivity contribution in [2.24, 2.45) is 0 Å². The Morgan fingerprint density at radius 2 is 2.00 bits per heavy atom. The van der Waals surface area contributed by atoms with E-state index in [1.807, 2.05) is 0 Å². The zero-order valence-electron chi connectivity index (χ0n) is 12.9. The first-order valence-corrected chi connectivity index (χ1v) is 9.10. The van der Waals surface area contributed by atoms with E-state index in [9.17, 15) is 9.59 Å². The molecule has 5 nitrogen and oxygen atoms in total. The van der Waals surface area contributed by atoms with Crippen molar-refractivity contribution in [3.05, 3.63) is 63.1 Å². The first-order chi connectivity index (χ1) is 12.0. The summed E-state index contributed by atoms with van der Waals surface area (Å²) in [7, 11) is 0.